The van der Waals surface area contributed by atoms with E-state index in [2.05, 4.69) is 9.97 Å². The number of rotatable bonds is 3. The molecule has 2 aromatic rings. The topological polar surface area (TPSA) is 55.3 Å². The number of carbonyl (C=O) groups is 1. The molecule has 1 atom stereocenters. The molecule has 0 unspecified atom stereocenters. The second-order valence-electron chi connectivity index (χ2n) is 6.52. The number of nitrogens with zero attached hydrogens (tertiary/aromatic N) is 3. The van der Waals surface area contributed by atoms with Gasteiger partial charge in [-0.25, -0.2) is 4.98 Å². The minimum Gasteiger partial charge on any atom is -0.473 e. The zero-order valence-electron chi connectivity index (χ0n) is 13.5. The molecule has 4 heterocycles. The van der Waals surface area contributed by atoms with E-state index in [-0.39, 0.29) is 16.8 Å². The summed E-state index contributed by atoms with van der Waals surface area (Å²) in [5.74, 6) is 1.70. The third-order valence-electron chi connectivity index (χ3n) is 4.47. The van der Waals surface area contributed by atoms with Gasteiger partial charge in [0, 0.05) is 49.9 Å². The zero-order valence-corrected chi connectivity index (χ0v) is 14.3. The zero-order chi connectivity index (χ0) is 16.6. The van der Waals surface area contributed by atoms with Gasteiger partial charge in [-0.2, -0.15) is 0 Å². The average molecular weight is 341 g/mol. The van der Waals surface area contributed by atoms with E-state index in [9.17, 15) is 4.79 Å². The molecule has 2 aromatic heterocycles. The van der Waals surface area contributed by atoms with Crippen molar-refractivity contribution in [1.29, 1.82) is 0 Å². The van der Waals surface area contributed by atoms with Crippen molar-refractivity contribution >= 4 is 17.7 Å². The SMILES string of the molecule is Cc1cncc(C(=O)N2CC3(C[C@@H](Oc4ccccn4)CS3)C2)c1. The van der Waals surface area contributed by atoms with Crippen molar-refractivity contribution < 1.29 is 9.53 Å². The summed E-state index contributed by atoms with van der Waals surface area (Å²) in [4.78, 5) is 22.8. The summed E-state index contributed by atoms with van der Waals surface area (Å²) < 4.78 is 6.10. The van der Waals surface area contributed by atoms with Crippen LogP contribution in [0.3, 0.4) is 0 Å². The molecule has 2 fully saturated rings. The average Bonchev–Trinajstić information content (AvgIpc) is 2.98. The minimum absolute atomic E-state index is 0.0755. The van der Waals surface area contributed by atoms with Crippen LogP contribution >= 0.6 is 11.8 Å². The number of amides is 1. The third kappa shape index (κ3) is 2.98. The van der Waals surface area contributed by atoms with Gasteiger partial charge in [0.1, 0.15) is 6.10 Å². The van der Waals surface area contributed by atoms with Gasteiger partial charge in [0.15, 0.2) is 0 Å². The van der Waals surface area contributed by atoms with Crippen molar-refractivity contribution in [1.82, 2.24) is 14.9 Å². The summed E-state index contributed by atoms with van der Waals surface area (Å²) in [6, 6.07) is 7.60. The van der Waals surface area contributed by atoms with Crippen LogP contribution in [0.25, 0.3) is 0 Å². The number of pyridine rings is 2. The molecule has 5 nitrogen and oxygen atoms in total. The summed E-state index contributed by atoms with van der Waals surface area (Å²) in [5, 5.41) is 0. The number of hydrogen-bond donors (Lipinski definition) is 0. The number of aryl methyl sites for hydroxylation is 1. The van der Waals surface area contributed by atoms with Gasteiger partial charge in [-0.05, 0) is 24.6 Å². The van der Waals surface area contributed by atoms with E-state index in [4.69, 9.17) is 4.74 Å². The van der Waals surface area contributed by atoms with Gasteiger partial charge in [0.25, 0.3) is 5.91 Å². The Balaban J connectivity index is 1.34. The van der Waals surface area contributed by atoms with E-state index in [0.717, 1.165) is 30.8 Å². The van der Waals surface area contributed by atoms with Crippen LogP contribution in [0.2, 0.25) is 0 Å². The molecule has 1 spiro atoms. The Hall–Kier alpha value is -2.08. The highest BCUT2D eigenvalue weighted by atomic mass is 32.2. The Morgan fingerprint density at radius 3 is 3.00 bits per heavy atom. The number of likely N-dealkylation sites (tertiary alicyclic amines) is 1. The second-order valence-corrected chi connectivity index (χ2v) is 8.01. The largest absolute Gasteiger partial charge is 0.473 e. The highest BCUT2D eigenvalue weighted by Crippen LogP contribution is 2.46. The number of ether oxygens (including phenoxy) is 1. The minimum atomic E-state index is 0.0755. The summed E-state index contributed by atoms with van der Waals surface area (Å²) in [5.41, 5.74) is 1.68. The molecule has 0 aromatic carbocycles. The molecule has 2 saturated heterocycles. The Kier molecular flexibility index (Phi) is 3.92. The maximum Gasteiger partial charge on any atom is 0.255 e. The molecule has 4 rings (SSSR count). The summed E-state index contributed by atoms with van der Waals surface area (Å²) in [7, 11) is 0. The second kappa shape index (κ2) is 6.09. The molecule has 0 aliphatic carbocycles. The maximum absolute atomic E-state index is 12.5. The first-order valence-corrected chi connectivity index (χ1v) is 9.05. The van der Waals surface area contributed by atoms with Crippen molar-refractivity contribution in [2.24, 2.45) is 0 Å². The lowest BCUT2D eigenvalue weighted by atomic mass is 9.92. The first-order valence-electron chi connectivity index (χ1n) is 8.06. The van der Waals surface area contributed by atoms with Crippen LogP contribution in [0, 0.1) is 6.92 Å². The lowest BCUT2D eigenvalue weighted by Gasteiger charge is -2.47. The molecule has 124 valence electrons. The highest BCUT2D eigenvalue weighted by molar-refractivity contribution is 8.01. The smallest absolute Gasteiger partial charge is 0.255 e. The van der Waals surface area contributed by atoms with Gasteiger partial charge in [0.05, 0.1) is 10.3 Å². The van der Waals surface area contributed by atoms with Gasteiger partial charge < -0.3 is 9.64 Å². The molecule has 0 bridgehead atoms. The Labute approximate surface area is 145 Å². The molecular weight excluding hydrogens is 322 g/mol. The fourth-order valence-corrected chi connectivity index (χ4v) is 4.86. The van der Waals surface area contributed by atoms with Crippen molar-refractivity contribution in [3.05, 3.63) is 54.0 Å². The number of thioether (sulfide) groups is 1. The molecule has 0 saturated carbocycles. The van der Waals surface area contributed by atoms with Crippen LogP contribution in [-0.2, 0) is 0 Å². The van der Waals surface area contributed by atoms with Crippen LogP contribution in [0.1, 0.15) is 22.3 Å². The summed E-state index contributed by atoms with van der Waals surface area (Å²) in [6.07, 6.45) is 6.29. The highest BCUT2D eigenvalue weighted by Gasteiger charge is 2.51. The van der Waals surface area contributed by atoms with E-state index in [1.165, 1.54) is 0 Å². The maximum atomic E-state index is 12.5. The summed E-state index contributed by atoms with van der Waals surface area (Å²) >= 11 is 1.92. The number of hydrogen-bond acceptors (Lipinski definition) is 5. The Bertz CT molecular complexity index is 747. The van der Waals surface area contributed by atoms with Gasteiger partial charge in [-0.1, -0.05) is 6.07 Å². The van der Waals surface area contributed by atoms with Crippen molar-refractivity contribution in [2.45, 2.75) is 24.2 Å². The van der Waals surface area contributed by atoms with Crippen molar-refractivity contribution in [3.63, 3.8) is 0 Å². The van der Waals surface area contributed by atoms with E-state index in [1.807, 2.05) is 47.9 Å². The third-order valence-corrected chi connectivity index (χ3v) is 6.04. The molecule has 6 heteroatoms. The van der Waals surface area contributed by atoms with Gasteiger partial charge in [-0.15, -0.1) is 11.8 Å². The molecule has 2 aliphatic rings. The Morgan fingerprint density at radius 2 is 2.25 bits per heavy atom. The predicted octanol–water partition coefficient (Wildman–Crippen LogP) is 2.56. The normalized spacial score (nSPS) is 21.5. The molecular formula is C18H19N3O2S. The van der Waals surface area contributed by atoms with Crippen LogP contribution in [0.4, 0.5) is 0 Å². The molecule has 1 amide bonds. The Morgan fingerprint density at radius 1 is 1.38 bits per heavy atom. The van der Waals surface area contributed by atoms with E-state index in [0.29, 0.717) is 11.4 Å². The van der Waals surface area contributed by atoms with Crippen molar-refractivity contribution in [3.8, 4) is 5.88 Å². The molecule has 0 radical (unpaired) electrons. The van der Waals surface area contributed by atoms with E-state index in [1.54, 1.807) is 18.6 Å². The van der Waals surface area contributed by atoms with E-state index < -0.39 is 0 Å². The first-order chi connectivity index (χ1) is 11.6. The van der Waals surface area contributed by atoms with Gasteiger partial charge in [-0.3, -0.25) is 9.78 Å². The quantitative estimate of drug-likeness (QED) is 0.859. The van der Waals surface area contributed by atoms with Crippen LogP contribution in [0.5, 0.6) is 5.88 Å². The fraction of sp³-hybridized carbons (Fsp3) is 0.389. The number of aromatic nitrogens is 2. The lowest BCUT2D eigenvalue weighted by Crippen LogP contribution is -2.60. The first kappa shape index (κ1) is 15.4. The van der Waals surface area contributed by atoms with Crippen molar-refractivity contribution in [2.75, 3.05) is 18.8 Å². The lowest BCUT2D eigenvalue weighted by molar-refractivity contribution is 0.0515. The predicted molar refractivity (Wildman–Crippen MR) is 93.3 cm³/mol. The molecule has 2 aliphatic heterocycles. The van der Waals surface area contributed by atoms with Crippen LogP contribution in [-0.4, -0.2) is 50.5 Å². The monoisotopic (exact) mass is 341 g/mol. The van der Waals surface area contributed by atoms with E-state index >= 15 is 0 Å². The molecule has 0 N–H and O–H groups in total. The van der Waals surface area contributed by atoms with Gasteiger partial charge >= 0.3 is 0 Å². The van der Waals surface area contributed by atoms with Crippen LogP contribution in [0.15, 0.2) is 42.9 Å². The number of carbonyl (C=O) groups excluding carboxylic acids is 1. The van der Waals surface area contributed by atoms with Gasteiger partial charge in [0.2, 0.25) is 5.88 Å². The fourth-order valence-electron chi connectivity index (χ4n) is 3.33. The van der Waals surface area contributed by atoms with Crippen LogP contribution < -0.4 is 4.74 Å². The summed E-state index contributed by atoms with van der Waals surface area (Å²) in [6.45, 7) is 3.52. The standard InChI is InChI=1S/C18H19N3O2S/c1-13-6-14(9-19-8-13)17(22)21-11-18(12-21)7-15(10-24-18)23-16-4-2-3-5-20-16/h2-6,8-9,15H,7,10-12H2,1H3/t15-/m1/s1. The molecule has 24 heavy (non-hydrogen) atoms.